The molecule has 2 radical (unpaired) electrons. The second kappa shape index (κ2) is 2.79. The van der Waals surface area contributed by atoms with Gasteiger partial charge >= 0.3 is 0 Å². The van der Waals surface area contributed by atoms with E-state index in [9.17, 15) is 5.11 Å². The van der Waals surface area contributed by atoms with E-state index in [2.05, 4.69) is 4.98 Å². The normalized spacial score (nSPS) is 21.2. The first-order valence-corrected chi connectivity index (χ1v) is 3.83. The molecule has 1 aliphatic heterocycles. The van der Waals surface area contributed by atoms with Crippen molar-refractivity contribution < 1.29 is 9.84 Å². The molecule has 2 rings (SSSR count). The number of aromatic nitrogens is 1. The Morgan fingerprint density at radius 1 is 1.67 bits per heavy atom. The Kier molecular flexibility index (Phi) is 1.77. The molecule has 3 nitrogen and oxygen atoms in total. The summed E-state index contributed by atoms with van der Waals surface area (Å²) in [5.74, 6) is 0.605. The Bertz CT molecular complexity index is 303. The summed E-state index contributed by atoms with van der Waals surface area (Å²) in [4.78, 5) is 4.00. The van der Waals surface area contributed by atoms with E-state index in [1.165, 1.54) is 6.20 Å². The summed E-state index contributed by atoms with van der Waals surface area (Å²) in [5.41, 5.74) is 1.15. The minimum absolute atomic E-state index is 0.505. The topological polar surface area (TPSA) is 42.4 Å². The van der Waals surface area contributed by atoms with Crippen molar-refractivity contribution in [1.82, 2.24) is 4.98 Å². The highest BCUT2D eigenvalue weighted by molar-refractivity contribution is 6.32. The monoisotopic (exact) mass is 161 g/mol. The lowest BCUT2D eigenvalue weighted by atomic mass is 9.97. The molecule has 1 aromatic heterocycles. The van der Waals surface area contributed by atoms with Gasteiger partial charge in [0, 0.05) is 12.6 Å². The Morgan fingerprint density at radius 3 is 3.33 bits per heavy atom. The van der Waals surface area contributed by atoms with Gasteiger partial charge in [0.1, 0.15) is 25.4 Å². The lowest BCUT2D eigenvalue weighted by molar-refractivity contribution is 0.110. The third kappa shape index (κ3) is 1.18. The molecule has 4 heteroatoms. The van der Waals surface area contributed by atoms with Gasteiger partial charge in [-0.2, -0.15) is 0 Å². The van der Waals surface area contributed by atoms with E-state index < -0.39 is 6.10 Å². The number of pyridine rings is 1. The number of fused-ring (bicyclic) bond motifs is 1. The minimum Gasteiger partial charge on any atom is -0.491 e. The lowest BCUT2D eigenvalue weighted by Crippen LogP contribution is -2.18. The van der Waals surface area contributed by atoms with Gasteiger partial charge in [-0.25, -0.2) is 0 Å². The molecule has 2 heterocycles. The van der Waals surface area contributed by atoms with Crippen LogP contribution in [0.4, 0.5) is 0 Å². The molecule has 0 aliphatic carbocycles. The lowest BCUT2D eigenvalue weighted by Gasteiger charge is -2.20. The fourth-order valence-corrected chi connectivity index (χ4v) is 1.25. The molecule has 0 saturated carbocycles. The standard InChI is InChI=1S/C8H8BNO2/c9-5-3-7-8(10-4-5)6(11)1-2-12-7/h3-4,6,11H,1-2H2. The van der Waals surface area contributed by atoms with Gasteiger partial charge in [-0.05, 0) is 6.07 Å². The quantitative estimate of drug-likeness (QED) is 0.530. The molecule has 1 unspecified atom stereocenters. The SMILES string of the molecule is [B]c1cnc2c(c1)OCCC2O. The summed E-state index contributed by atoms with van der Waals surface area (Å²) in [6.07, 6.45) is 1.62. The summed E-state index contributed by atoms with van der Waals surface area (Å²) in [7, 11) is 5.50. The smallest absolute Gasteiger partial charge is 0.142 e. The summed E-state index contributed by atoms with van der Waals surface area (Å²) in [6.45, 7) is 0.527. The van der Waals surface area contributed by atoms with Crippen LogP contribution in [0.2, 0.25) is 0 Å². The van der Waals surface area contributed by atoms with Gasteiger partial charge in [-0.1, -0.05) is 5.46 Å². The molecule has 0 bridgehead atoms. The summed E-state index contributed by atoms with van der Waals surface area (Å²) in [6, 6.07) is 1.69. The van der Waals surface area contributed by atoms with Crippen molar-refractivity contribution in [3.05, 3.63) is 18.0 Å². The van der Waals surface area contributed by atoms with Crippen LogP contribution in [-0.2, 0) is 0 Å². The predicted molar refractivity (Wildman–Crippen MR) is 44.7 cm³/mol. The minimum atomic E-state index is -0.505. The Hall–Kier alpha value is -1.03. The molecule has 0 spiro atoms. The second-order valence-electron chi connectivity index (χ2n) is 2.80. The van der Waals surface area contributed by atoms with Crippen LogP contribution in [0.15, 0.2) is 12.3 Å². The van der Waals surface area contributed by atoms with Crippen molar-refractivity contribution in [3.8, 4) is 5.75 Å². The van der Waals surface area contributed by atoms with Crippen LogP contribution in [0, 0.1) is 0 Å². The maximum absolute atomic E-state index is 9.47. The van der Waals surface area contributed by atoms with Crippen LogP contribution in [0.1, 0.15) is 18.2 Å². The number of hydrogen-bond donors (Lipinski definition) is 1. The molecule has 1 N–H and O–H groups in total. The molecular formula is C8H8BNO2. The molecule has 12 heavy (non-hydrogen) atoms. The number of hydrogen-bond acceptors (Lipinski definition) is 3. The van der Waals surface area contributed by atoms with Gasteiger partial charge in [0.25, 0.3) is 0 Å². The van der Waals surface area contributed by atoms with Gasteiger partial charge < -0.3 is 9.84 Å². The van der Waals surface area contributed by atoms with E-state index in [1.807, 2.05) is 0 Å². The third-order valence-electron chi connectivity index (χ3n) is 1.87. The largest absolute Gasteiger partial charge is 0.491 e. The van der Waals surface area contributed by atoms with Crippen molar-refractivity contribution in [2.45, 2.75) is 12.5 Å². The van der Waals surface area contributed by atoms with Crippen LogP contribution >= 0.6 is 0 Å². The van der Waals surface area contributed by atoms with Crippen LogP contribution in [0.5, 0.6) is 5.75 Å². The van der Waals surface area contributed by atoms with E-state index in [0.717, 1.165) is 0 Å². The molecule has 1 aromatic rings. The van der Waals surface area contributed by atoms with E-state index in [1.54, 1.807) is 6.07 Å². The number of ether oxygens (including phenoxy) is 1. The first-order valence-electron chi connectivity index (χ1n) is 3.83. The summed E-state index contributed by atoms with van der Waals surface area (Å²) < 4.78 is 5.27. The van der Waals surface area contributed by atoms with Gasteiger partial charge in [-0.3, -0.25) is 4.98 Å². The van der Waals surface area contributed by atoms with Crippen LogP contribution < -0.4 is 10.2 Å². The van der Waals surface area contributed by atoms with Gasteiger partial charge in [0.15, 0.2) is 0 Å². The number of nitrogens with zero attached hydrogens (tertiary/aromatic N) is 1. The Labute approximate surface area is 71.8 Å². The second-order valence-corrected chi connectivity index (χ2v) is 2.80. The van der Waals surface area contributed by atoms with Crippen LogP contribution in [0.3, 0.4) is 0 Å². The van der Waals surface area contributed by atoms with Gasteiger partial charge in [0.2, 0.25) is 0 Å². The highest BCUT2D eigenvalue weighted by Gasteiger charge is 2.19. The molecule has 0 aromatic carbocycles. The van der Waals surface area contributed by atoms with Crippen LogP contribution in [-0.4, -0.2) is 24.5 Å². The van der Waals surface area contributed by atoms with Crippen molar-refractivity contribution in [2.75, 3.05) is 6.61 Å². The highest BCUT2D eigenvalue weighted by atomic mass is 16.5. The predicted octanol–water partition coefficient (Wildman–Crippen LogP) is -0.309. The third-order valence-corrected chi connectivity index (χ3v) is 1.87. The fourth-order valence-electron chi connectivity index (χ4n) is 1.25. The molecule has 1 aliphatic rings. The zero-order valence-corrected chi connectivity index (χ0v) is 6.53. The van der Waals surface area contributed by atoms with Crippen molar-refractivity contribution >= 4 is 13.3 Å². The molecule has 0 saturated heterocycles. The van der Waals surface area contributed by atoms with Gasteiger partial charge in [-0.15, -0.1) is 0 Å². The number of aliphatic hydroxyl groups is 1. The maximum Gasteiger partial charge on any atom is 0.142 e. The number of aliphatic hydroxyl groups excluding tert-OH is 1. The fraction of sp³-hybridized carbons (Fsp3) is 0.375. The van der Waals surface area contributed by atoms with Crippen molar-refractivity contribution in [1.29, 1.82) is 0 Å². The van der Waals surface area contributed by atoms with E-state index in [-0.39, 0.29) is 0 Å². The molecule has 0 fully saturated rings. The maximum atomic E-state index is 9.47. The Morgan fingerprint density at radius 2 is 2.50 bits per heavy atom. The zero-order valence-electron chi connectivity index (χ0n) is 6.53. The van der Waals surface area contributed by atoms with E-state index in [0.29, 0.717) is 29.9 Å². The molecule has 1 atom stereocenters. The van der Waals surface area contributed by atoms with E-state index >= 15 is 0 Å². The first-order chi connectivity index (χ1) is 5.77. The summed E-state index contributed by atoms with van der Waals surface area (Å²) >= 11 is 0. The van der Waals surface area contributed by atoms with Crippen molar-refractivity contribution in [2.24, 2.45) is 0 Å². The summed E-state index contributed by atoms with van der Waals surface area (Å²) in [5, 5.41) is 9.47. The first kappa shape index (κ1) is 7.62. The van der Waals surface area contributed by atoms with Crippen molar-refractivity contribution in [3.63, 3.8) is 0 Å². The number of rotatable bonds is 0. The van der Waals surface area contributed by atoms with Crippen LogP contribution in [0.25, 0.3) is 0 Å². The molecule has 60 valence electrons. The highest BCUT2D eigenvalue weighted by Crippen LogP contribution is 2.28. The average Bonchev–Trinajstić information content (AvgIpc) is 2.04. The molecule has 0 amide bonds. The average molecular weight is 161 g/mol. The Balaban J connectivity index is 2.46. The zero-order chi connectivity index (χ0) is 8.55. The van der Waals surface area contributed by atoms with Gasteiger partial charge in [0.05, 0.1) is 6.61 Å². The van der Waals surface area contributed by atoms with E-state index in [4.69, 9.17) is 12.6 Å². The molecular weight excluding hydrogens is 153 g/mol.